The molecule has 2 heterocycles. The predicted molar refractivity (Wildman–Crippen MR) is 125 cm³/mol. The molecule has 0 fully saturated rings. The van der Waals surface area contributed by atoms with E-state index in [4.69, 9.17) is 23.2 Å². The molecule has 2 rings (SSSR count). The van der Waals surface area contributed by atoms with E-state index < -0.39 is 0 Å². The molecule has 10 nitrogen and oxygen atoms in total. The molecular formula is C18H32Cl2N10. The van der Waals surface area contributed by atoms with E-state index in [0.29, 0.717) is 23.8 Å². The molecule has 0 aliphatic carbocycles. The molecule has 2 aromatic heterocycles. The molecule has 0 saturated heterocycles. The minimum atomic E-state index is -0.103. The van der Waals surface area contributed by atoms with Crippen LogP contribution in [-0.2, 0) is 0 Å². The summed E-state index contributed by atoms with van der Waals surface area (Å²) in [6.45, 7) is 16.8. The lowest BCUT2D eigenvalue weighted by atomic mass is 10.1. The molecule has 12 heteroatoms. The third-order valence-electron chi connectivity index (χ3n) is 2.87. The average molecular weight is 459 g/mol. The maximum absolute atomic E-state index is 5.77. The van der Waals surface area contributed by atoms with Crippen LogP contribution in [-0.4, -0.2) is 54.1 Å². The first-order valence-electron chi connectivity index (χ1n) is 9.76. The van der Waals surface area contributed by atoms with Gasteiger partial charge in [0.15, 0.2) is 0 Å². The summed E-state index contributed by atoms with van der Waals surface area (Å²) in [7, 11) is 0. The van der Waals surface area contributed by atoms with Crippen molar-refractivity contribution < 1.29 is 0 Å². The van der Waals surface area contributed by atoms with Crippen molar-refractivity contribution in [2.24, 2.45) is 0 Å². The zero-order chi connectivity index (χ0) is 22.9. The number of hydrogen-bond donors (Lipinski definition) is 4. The Morgan fingerprint density at radius 3 is 1.50 bits per heavy atom. The lowest BCUT2D eigenvalue weighted by Gasteiger charge is -2.20. The lowest BCUT2D eigenvalue weighted by molar-refractivity contribution is 0.625. The highest BCUT2D eigenvalue weighted by Gasteiger charge is 2.13. The first-order valence-corrected chi connectivity index (χ1v) is 10.5. The third kappa shape index (κ3) is 11.1. The maximum Gasteiger partial charge on any atom is 0.229 e. The summed E-state index contributed by atoms with van der Waals surface area (Å²) in [4.78, 5) is 24.3. The Bertz CT molecular complexity index is 765. The summed E-state index contributed by atoms with van der Waals surface area (Å²) in [5.74, 6) is 1.96. The Kier molecular flexibility index (Phi) is 10.2. The monoisotopic (exact) mass is 458 g/mol. The molecule has 168 valence electrons. The van der Waals surface area contributed by atoms with E-state index >= 15 is 0 Å². The molecule has 0 saturated carbocycles. The molecule has 4 N–H and O–H groups in total. The third-order valence-corrected chi connectivity index (χ3v) is 3.21. The maximum atomic E-state index is 5.77. The number of rotatable bonds is 7. The van der Waals surface area contributed by atoms with Gasteiger partial charge in [-0.15, -0.1) is 0 Å². The molecule has 0 unspecified atom stereocenters. The SMILES string of the molecule is CC(C)Nc1nc(Cl)nc(NC(C)C)n1.CCNc1nc(Cl)nc(NC(C)(C)C)n1. The van der Waals surface area contributed by atoms with Gasteiger partial charge in [0.2, 0.25) is 34.4 Å². The lowest BCUT2D eigenvalue weighted by Crippen LogP contribution is -2.27. The van der Waals surface area contributed by atoms with Crippen LogP contribution >= 0.6 is 23.2 Å². The van der Waals surface area contributed by atoms with Gasteiger partial charge in [0.05, 0.1) is 0 Å². The highest BCUT2D eigenvalue weighted by atomic mass is 35.5. The van der Waals surface area contributed by atoms with Crippen LogP contribution in [0.3, 0.4) is 0 Å². The van der Waals surface area contributed by atoms with Crippen LogP contribution in [0.4, 0.5) is 23.8 Å². The number of nitrogens with one attached hydrogen (secondary N) is 4. The molecule has 0 spiro atoms. The summed E-state index contributed by atoms with van der Waals surface area (Å²) in [5.41, 5.74) is -0.103. The molecule has 2 aromatic rings. The van der Waals surface area contributed by atoms with E-state index in [-0.39, 0.29) is 28.2 Å². The van der Waals surface area contributed by atoms with Gasteiger partial charge >= 0.3 is 0 Å². The number of anilines is 4. The number of halogens is 2. The Morgan fingerprint density at radius 1 is 0.700 bits per heavy atom. The van der Waals surface area contributed by atoms with Crippen molar-refractivity contribution in [1.82, 2.24) is 29.9 Å². The zero-order valence-electron chi connectivity index (χ0n) is 18.8. The minimum absolute atomic E-state index is 0.103. The second-order valence-corrected chi connectivity index (χ2v) is 8.68. The molecule has 0 aromatic carbocycles. The van der Waals surface area contributed by atoms with Crippen LogP contribution in [0.5, 0.6) is 0 Å². The fourth-order valence-electron chi connectivity index (χ4n) is 1.97. The van der Waals surface area contributed by atoms with Gasteiger partial charge in [0, 0.05) is 24.2 Å². The number of hydrogen-bond acceptors (Lipinski definition) is 10. The van der Waals surface area contributed by atoms with Crippen molar-refractivity contribution in [2.75, 3.05) is 27.8 Å². The van der Waals surface area contributed by atoms with Gasteiger partial charge in [-0.05, 0) is 78.6 Å². The highest BCUT2D eigenvalue weighted by molar-refractivity contribution is 6.28. The fourth-order valence-corrected chi connectivity index (χ4v) is 2.29. The summed E-state index contributed by atoms with van der Waals surface area (Å²) in [6.07, 6.45) is 0. The molecule has 0 bridgehead atoms. The first kappa shape index (κ1) is 25.8. The van der Waals surface area contributed by atoms with Crippen LogP contribution in [0.25, 0.3) is 0 Å². The van der Waals surface area contributed by atoms with Crippen molar-refractivity contribution in [2.45, 2.75) is 73.0 Å². The van der Waals surface area contributed by atoms with E-state index in [1.807, 2.05) is 55.4 Å². The van der Waals surface area contributed by atoms with E-state index in [9.17, 15) is 0 Å². The Balaban J connectivity index is 0.000000300. The fraction of sp³-hybridized carbons (Fsp3) is 0.667. The molecule has 0 amide bonds. The van der Waals surface area contributed by atoms with Crippen molar-refractivity contribution in [3.8, 4) is 0 Å². The highest BCUT2D eigenvalue weighted by Crippen LogP contribution is 2.14. The van der Waals surface area contributed by atoms with Crippen LogP contribution < -0.4 is 21.3 Å². The van der Waals surface area contributed by atoms with Gasteiger partial charge in [0.25, 0.3) is 0 Å². The number of aromatic nitrogens is 6. The normalized spacial score (nSPS) is 11.1. The quantitative estimate of drug-likeness (QED) is 0.475. The molecule has 0 aliphatic heterocycles. The van der Waals surface area contributed by atoms with E-state index in [0.717, 1.165) is 6.54 Å². The van der Waals surface area contributed by atoms with Crippen LogP contribution in [0, 0.1) is 0 Å². The Hall–Kier alpha value is -2.20. The van der Waals surface area contributed by atoms with E-state index in [1.54, 1.807) is 0 Å². The van der Waals surface area contributed by atoms with Gasteiger partial charge in [0.1, 0.15) is 0 Å². The van der Waals surface area contributed by atoms with E-state index in [2.05, 4.69) is 51.2 Å². The molecular weight excluding hydrogens is 427 g/mol. The van der Waals surface area contributed by atoms with Crippen molar-refractivity contribution in [3.63, 3.8) is 0 Å². The topological polar surface area (TPSA) is 125 Å². The molecule has 0 radical (unpaired) electrons. The second kappa shape index (κ2) is 11.8. The molecule has 0 atom stereocenters. The van der Waals surface area contributed by atoms with Gasteiger partial charge in [-0.2, -0.15) is 29.9 Å². The first-order chi connectivity index (χ1) is 13.9. The summed E-state index contributed by atoms with van der Waals surface area (Å²) >= 11 is 11.5. The summed E-state index contributed by atoms with van der Waals surface area (Å²) < 4.78 is 0. The Morgan fingerprint density at radius 2 is 1.10 bits per heavy atom. The van der Waals surface area contributed by atoms with Gasteiger partial charge < -0.3 is 21.3 Å². The summed E-state index contributed by atoms with van der Waals surface area (Å²) in [6, 6.07) is 0.519. The van der Waals surface area contributed by atoms with Crippen LogP contribution in [0.1, 0.15) is 55.4 Å². The minimum Gasteiger partial charge on any atom is -0.354 e. The van der Waals surface area contributed by atoms with Gasteiger partial charge in [-0.1, -0.05) is 0 Å². The standard InChI is InChI=1S/2C9H16ClN5/c1-5-11-7-12-6(10)13-8(14-7)15-9(2,3)4;1-5(2)11-8-13-7(10)14-9(15-8)12-6(3)4/h5H2,1-4H3,(H2,11,12,13,14,15);5-6H,1-4H3,(H2,11,12,13,14,15). The largest absolute Gasteiger partial charge is 0.354 e. The average Bonchev–Trinajstić information content (AvgIpc) is 2.51. The molecule has 0 aliphatic rings. The Labute approximate surface area is 188 Å². The number of nitrogens with zero attached hydrogens (tertiary/aromatic N) is 6. The van der Waals surface area contributed by atoms with Crippen LogP contribution in [0.15, 0.2) is 0 Å². The second-order valence-electron chi connectivity index (χ2n) is 8.01. The van der Waals surface area contributed by atoms with Gasteiger partial charge in [-0.25, -0.2) is 0 Å². The van der Waals surface area contributed by atoms with E-state index in [1.165, 1.54) is 0 Å². The zero-order valence-corrected chi connectivity index (χ0v) is 20.3. The van der Waals surface area contributed by atoms with Crippen molar-refractivity contribution in [3.05, 3.63) is 10.6 Å². The molecule has 30 heavy (non-hydrogen) atoms. The summed E-state index contributed by atoms with van der Waals surface area (Å²) in [5, 5.41) is 12.6. The van der Waals surface area contributed by atoms with Crippen molar-refractivity contribution >= 4 is 47.0 Å². The van der Waals surface area contributed by atoms with Gasteiger partial charge in [-0.3, -0.25) is 0 Å². The van der Waals surface area contributed by atoms with Crippen LogP contribution in [0.2, 0.25) is 10.6 Å². The predicted octanol–water partition coefficient (Wildman–Crippen LogP) is 4.33. The van der Waals surface area contributed by atoms with Crippen molar-refractivity contribution in [1.29, 1.82) is 0 Å². The smallest absolute Gasteiger partial charge is 0.229 e.